The molecule has 0 radical (unpaired) electrons. The van der Waals surface area contributed by atoms with Gasteiger partial charge in [0.2, 0.25) is 53.2 Å². The van der Waals surface area contributed by atoms with E-state index >= 15 is 0 Å². The molecule has 0 aromatic heterocycles. The molecule has 4 aliphatic heterocycles. The highest BCUT2D eigenvalue weighted by molar-refractivity contribution is 5.98. The molecule has 0 aliphatic carbocycles. The Hall–Kier alpha value is -7.21. The number of likely N-dealkylation sites (tertiary alicyclic amines) is 3. The SMILES string of the molecule is CNC(=O)[C@@H]1C[C@@H](O)CN1C(=O)[C@H](CC(N)=O)N(C)C(=O)CN(CCc1ccccc1)C(=O)[C@H](CCCN=C(N)N)NC(=O)[C@H](CCCN=C(N)N)NC(=O)[C@@H]1C[C@@H](O)CN1C(=O)[C@@H]1C[C@@H](O)CN1C(=O)[C@@H]1C[C@@H](O)CN1. The second kappa shape index (κ2) is 28.2. The van der Waals surface area contributed by atoms with E-state index in [4.69, 9.17) is 28.7 Å². The molecule has 29 heteroatoms. The van der Waals surface area contributed by atoms with E-state index in [1.807, 2.05) is 0 Å². The Morgan fingerprint density at radius 2 is 1.25 bits per heavy atom. The van der Waals surface area contributed by atoms with Gasteiger partial charge in [0.05, 0.1) is 43.4 Å². The maximum atomic E-state index is 15.0. The monoisotopic (exact) mass is 1080 g/mol. The summed E-state index contributed by atoms with van der Waals surface area (Å²) in [4.78, 5) is 139. The van der Waals surface area contributed by atoms with Crippen LogP contribution in [-0.4, -0.2) is 243 Å². The van der Waals surface area contributed by atoms with E-state index in [-0.39, 0.29) is 116 Å². The number of β-amino-alcohol motifs (C(OH)–C–C–N with tert-alkyl or cyclic N) is 4. The Kier molecular flexibility index (Phi) is 22.2. The van der Waals surface area contributed by atoms with E-state index in [0.717, 1.165) is 25.2 Å². The molecule has 18 N–H and O–H groups in total. The van der Waals surface area contributed by atoms with E-state index in [0.29, 0.717) is 0 Å². The third kappa shape index (κ3) is 16.9. The van der Waals surface area contributed by atoms with Gasteiger partial charge in [-0.05, 0) is 44.1 Å². The van der Waals surface area contributed by atoms with Crippen LogP contribution >= 0.6 is 0 Å². The Morgan fingerprint density at radius 1 is 0.701 bits per heavy atom. The number of carbonyl (C=O) groups is 9. The van der Waals surface area contributed by atoms with Crippen molar-refractivity contribution >= 4 is 65.1 Å². The van der Waals surface area contributed by atoms with Crippen LogP contribution in [0.3, 0.4) is 0 Å². The first-order chi connectivity index (χ1) is 36.5. The van der Waals surface area contributed by atoms with E-state index < -0.39 is 133 Å². The molecule has 5 rings (SSSR count). The van der Waals surface area contributed by atoms with Crippen LogP contribution in [0.2, 0.25) is 0 Å². The lowest BCUT2D eigenvalue weighted by Gasteiger charge is -2.34. The predicted molar refractivity (Wildman–Crippen MR) is 276 cm³/mol. The Morgan fingerprint density at radius 3 is 1.79 bits per heavy atom. The Bertz CT molecular complexity index is 2340. The molecule has 426 valence electrons. The van der Waals surface area contributed by atoms with Crippen molar-refractivity contribution in [2.24, 2.45) is 38.7 Å². The minimum Gasteiger partial charge on any atom is -0.392 e. The van der Waals surface area contributed by atoms with Crippen LogP contribution in [-0.2, 0) is 49.6 Å². The number of nitrogens with two attached hydrogens (primary N) is 5. The highest BCUT2D eigenvalue weighted by Gasteiger charge is 2.49. The summed E-state index contributed by atoms with van der Waals surface area (Å²) in [6.07, 6.45) is -5.12. The summed E-state index contributed by atoms with van der Waals surface area (Å²) in [7, 11) is 2.58. The average Bonchev–Trinajstić information content (AvgIpc) is 4.23. The average molecular weight is 1090 g/mol. The van der Waals surface area contributed by atoms with Crippen LogP contribution < -0.4 is 49.9 Å². The largest absolute Gasteiger partial charge is 0.392 e. The lowest BCUT2D eigenvalue weighted by atomic mass is 10.0. The van der Waals surface area contributed by atoms with Crippen LogP contribution in [0.25, 0.3) is 0 Å². The molecule has 11 atom stereocenters. The number of hydrogen-bond donors (Lipinski definition) is 13. The summed E-state index contributed by atoms with van der Waals surface area (Å²) in [5.41, 5.74) is 28.6. The number of rotatable bonds is 25. The second-order valence-electron chi connectivity index (χ2n) is 19.9. The van der Waals surface area contributed by atoms with Gasteiger partial charge < -0.3 is 94.9 Å². The van der Waals surface area contributed by atoms with E-state index in [2.05, 4.69) is 31.3 Å². The molecule has 4 saturated heterocycles. The normalized spacial score (nSPS) is 24.0. The molecule has 4 heterocycles. The fourth-order valence-electron chi connectivity index (χ4n) is 10.1. The molecule has 1 aromatic carbocycles. The summed E-state index contributed by atoms with van der Waals surface area (Å²) in [6.45, 7) is -1.45. The maximum Gasteiger partial charge on any atom is 0.246 e. The molecule has 0 spiro atoms. The number of aliphatic hydroxyl groups is 4. The van der Waals surface area contributed by atoms with Crippen LogP contribution in [0.1, 0.15) is 63.4 Å². The van der Waals surface area contributed by atoms with Gasteiger partial charge in [-0.3, -0.25) is 53.1 Å². The molecule has 29 nitrogen and oxygen atoms in total. The summed E-state index contributed by atoms with van der Waals surface area (Å²) >= 11 is 0. The zero-order valence-corrected chi connectivity index (χ0v) is 43.4. The number of aliphatic hydroxyl groups excluding tert-OH is 4. The lowest BCUT2D eigenvalue weighted by molar-refractivity contribution is -0.150. The molecule has 0 unspecified atom stereocenters. The first-order valence-corrected chi connectivity index (χ1v) is 25.7. The molecule has 4 fully saturated rings. The number of carbonyl (C=O) groups excluding carboxylic acids is 9. The fourth-order valence-corrected chi connectivity index (χ4v) is 10.1. The first kappa shape index (κ1) is 60.7. The van der Waals surface area contributed by atoms with Crippen molar-refractivity contribution in [2.45, 2.75) is 131 Å². The van der Waals surface area contributed by atoms with Crippen molar-refractivity contribution in [1.29, 1.82) is 0 Å². The molecular weight excluding hydrogens is 1010 g/mol. The van der Waals surface area contributed by atoms with Gasteiger partial charge in [-0.15, -0.1) is 0 Å². The standard InChI is InChI=1S/C48H76N16O13/c1-54-41(72)34-17-28(66)22-62(34)45(76)36(20-38(49)69)60(2)39(70)25-61(15-12-26-8-4-3-5-9-26)43(74)32(11-7-14-56-48(52)53)59-40(71)31(10-6-13-55-47(50)51)58-42(73)35-18-29(67)23-63(35)46(77)37-19-30(68)24-64(37)44(75)33-16-27(65)21-57-33/h3-5,8-9,27-37,57,65-68H,6-7,10-25H2,1-2H3,(H2,49,69)(H,54,72)(H,58,73)(H,59,71)(H4,50,51,55)(H4,52,53,56)/t27-,28-,29-,30-,31+,32+,33+,34+,35+,36+,37+/m1/s1. The van der Waals surface area contributed by atoms with Gasteiger partial charge in [0, 0.05) is 79.2 Å². The number of nitrogens with zero attached hydrogens (tertiary/aromatic N) is 7. The first-order valence-electron chi connectivity index (χ1n) is 25.7. The zero-order valence-electron chi connectivity index (χ0n) is 43.4. The van der Waals surface area contributed by atoms with Crippen LogP contribution in [0.4, 0.5) is 0 Å². The summed E-state index contributed by atoms with van der Waals surface area (Å²) in [6, 6.07) is -0.0515. The lowest BCUT2D eigenvalue weighted by Crippen LogP contribution is -2.59. The highest BCUT2D eigenvalue weighted by atomic mass is 16.3. The molecule has 77 heavy (non-hydrogen) atoms. The molecule has 1 aromatic rings. The summed E-state index contributed by atoms with van der Waals surface area (Å²) < 4.78 is 0. The van der Waals surface area contributed by atoms with Gasteiger partial charge in [0.25, 0.3) is 0 Å². The number of aliphatic imine (C=N–C) groups is 2. The predicted octanol–water partition coefficient (Wildman–Crippen LogP) is -7.81. The van der Waals surface area contributed by atoms with Gasteiger partial charge in [0.15, 0.2) is 11.9 Å². The molecule has 9 amide bonds. The third-order valence-corrected chi connectivity index (χ3v) is 14.1. The van der Waals surface area contributed by atoms with Crippen molar-refractivity contribution in [3.05, 3.63) is 35.9 Å². The maximum absolute atomic E-state index is 15.0. The number of likely N-dealkylation sites (N-methyl/N-ethyl adjacent to an activating group) is 2. The molecule has 4 aliphatic rings. The summed E-state index contributed by atoms with van der Waals surface area (Å²) in [5.74, 6) is -7.53. The van der Waals surface area contributed by atoms with Crippen molar-refractivity contribution < 1.29 is 63.6 Å². The van der Waals surface area contributed by atoms with E-state index in [9.17, 15) is 63.6 Å². The van der Waals surface area contributed by atoms with Gasteiger partial charge in [-0.25, -0.2) is 0 Å². The topological polar surface area (TPSA) is 454 Å². The third-order valence-electron chi connectivity index (χ3n) is 14.1. The Balaban J connectivity index is 1.42. The van der Waals surface area contributed by atoms with Crippen LogP contribution in [0.5, 0.6) is 0 Å². The van der Waals surface area contributed by atoms with Crippen LogP contribution in [0.15, 0.2) is 40.3 Å². The van der Waals surface area contributed by atoms with Gasteiger partial charge in [0.1, 0.15) is 36.3 Å². The zero-order chi connectivity index (χ0) is 56.7. The molecular formula is C48H76N16O13. The smallest absolute Gasteiger partial charge is 0.246 e. The van der Waals surface area contributed by atoms with Crippen molar-refractivity contribution in [1.82, 2.24) is 45.8 Å². The number of primary amides is 1. The second-order valence-corrected chi connectivity index (χ2v) is 19.9. The number of guanidine groups is 2. The van der Waals surface area contributed by atoms with Crippen molar-refractivity contribution in [2.75, 3.05) is 66.5 Å². The van der Waals surface area contributed by atoms with Gasteiger partial charge >= 0.3 is 0 Å². The molecule has 0 saturated carbocycles. The van der Waals surface area contributed by atoms with Crippen LogP contribution in [0, 0.1) is 0 Å². The minimum absolute atomic E-state index is 0.000456. The number of nitrogens with one attached hydrogen (secondary N) is 4. The van der Waals surface area contributed by atoms with Crippen molar-refractivity contribution in [3.8, 4) is 0 Å². The molecule has 0 bridgehead atoms. The number of benzene rings is 1. The Labute approximate surface area is 445 Å². The van der Waals surface area contributed by atoms with E-state index in [1.165, 1.54) is 19.0 Å². The quantitative estimate of drug-likeness (QED) is 0.0246. The van der Waals surface area contributed by atoms with E-state index in [1.54, 1.807) is 30.3 Å². The number of hydrogen-bond acceptors (Lipinski definition) is 16. The van der Waals surface area contributed by atoms with Gasteiger partial charge in [-0.1, -0.05) is 30.3 Å². The number of amides is 9. The summed E-state index contributed by atoms with van der Waals surface area (Å²) in [5, 5.41) is 52.8. The highest BCUT2D eigenvalue weighted by Crippen LogP contribution is 2.28. The minimum atomic E-state index is -1.57. The van der Waals surface area contributed by atoms with Gasteiger partial charge in [-0.2, -0.15) is 0 Å². The fraction of sp³-hybridized carbons (Fsp3) is 0.646. The van der Waals surface area contributed by atoms with Crippen molar-refractivity contribution in [3.63, 3.8) is 0 Å².